The van der Waals surface area contributed by atoms with Crippen molar-refractivity contribution in [2.45, 2.75) is 56.3 Å². The number of piperazine rings is 1. The van der Waals surface area contributed by atoms with Gasteiger partial charge in [0.15, 0.2) is 5.69 Å². The SMILES string of the molecule is COC[C@]1(O)CCCC[C@H]1n1cnc(C(=O)N2CCN(C(=O)O)C[C@H]2CCn2[nH]c(=O)c3ccccc32)c1-c1ccccc1. The van der Waals surface area contributed by atoms with E-state index in [0.29, 0.717) is 36.9 Å². The van der Waals surface area contributed by atoms with Crippen LogP contribution in [-0.2, 0) is 11.3 Å². The highest BCUT2D eigenvalue weighted by Gasteiger charge is 2.43. The smallest absolute Gasteiger partial charge is 0.407 e. The molecular formula is C32H38N6O6. The number of carbonyl (C=O) groups excluding carboxylic acids is 1. The van der Waals surface area contributed by atoms with Crippen LogP contribution >= 0.6 is 0 Å². The number of amides is 2. The first-order chi connectivity index (χ1) is 21.3. The number of H-pyrrole nitrogens is 1. The number of nitrogens with one attached hydrogen (secondary N) is 1. The molecule has 232 valence electrons. The third kappa shape index (κ3) is 5.50. The fourth-order valence-corrected chi connectivity index (χ4v) is 6.93. The number of ether oxygens (including phenoxy) is 1. The van der Waals surface area contributed by atoms with Crippen LogP contribution in [0.15, 0.2) is 65.7 Å². The first kappa shape index (κ1) is 29.6. The maximum absolute atomic E-state index is 14.4. The number of carboxylic acid groups (broad SMARTS) is 1. The number of carbonyl (C=O) groups is 2. The second-order valence-corrected chi connectivity index (χ2v) is 11.8. The van der Waals surface area contributed by atoms with Crippen molar-refractivity contribution in [2.24, 2.45) is 0 Å². The molecule has 3 atom stereocenters. The van der Waals surface area contributed by atoms with Gasteiger partial charge in [0.05, 0.1) is 41.6 Å². The number of hydrogen-bond acceptors (Lipinski definition) is 6. The van der Waals surface area contributed by atoms with Gasteiger partial charge in [-0.2, -0.15) is 0 Å². The summed E-state index contributed by atoms with van der Waals surface area (Å²) in [6.45, 7) is 1.08. The Morgan fingerprint density at radius 2 is 1.86 bits per heavy atom. The quantitative estimate of drug-likeness (QED) is 0.279. The Hall–Kier alpha value is -4.42. The first-order valence-corrected chi connectivity index (χ1v) is 15.1. The molecule has 2 aliphatic rings. The summed E-state index contributed by atoms with van der Waals surface area (Å²) in [7, 11) is 1.58. The Balaban J connectivity index is 1.35. The number of nitrogens with zero attached hydrogens (tertiary/aromatic N) is 5. The number of fused-ring (bicyclic) bond motifs is 1. The Kier molecular flexibility index (Phi) is 8.28. The van der Waals surface area contributed by atoms with E-state index in [2.05, 4.69) is 10.1 Å². The molecule has 12 nitrogen and oxygen atoms in total. The molecule has 3 N–H and O–H groups in total. The van der Waals surface area contributed by atoms with E-state index < -0.39 is 17.7 Å². The number of aromatic amines is 1. The van der Waals surface area contributed by atoms with Crippen LogP contribution in [0.25, 0.3) is 22.2 Å². The number of aliphatic hydroxyl groups is 1. The first-order valence-electron chi connectivity index (χ1n) is 15.1. The van der Waals surface area contributed by atoms with Gasteiger partial charge in [-0.3, -0.25) is 19.4 Å². The molecular weight excluding hydrogens is 564 g/mol. The predicted molar refractivity (Wildman–Crippen MR) is 164 cm³/mol. The number of imidazole rings is 1. The van der Waals surface area contributed by atoms with Crippen molar-refractivity contribution in [3.8, 4) is 11.3 Å². The van der Waals surface area contributed by atoms with E-state index in [-0.39, 0.29) is 49.4 Å². The Morgan fingerprint density at radius 3 is 2.64 bits per heavy atom. The number of methoxy groups -OCH3 is 1. The van der Waals surface area contributed by atoms with Gasteiger partial charge in [-0.15, -0.1) is 0 Å². The maximum atomic E-state index is 14.4. The molecule has 0 spiro atoms. The lowest BCUT2D eigenvalue weighted by atomic mass is 9.80. The average molecular weight is 603 g/mol. The van der Waals surface area contributed by atoms with Gasteiger partial charge in [0, 0.05) is 38.9 Å². The number of para-hydroxylation sites is 1. The van der Waals surface area contributed by atoms with Crippen molar-refractivity contribution in [1.29, 1.82) is 0 Å². The van der Waals surface area contributed by atoms with Gasteiger partial charge in [-0.05, 0) is 31.4 Å². The van der Waals surface area contributed by atoms with E-state index >= 15 is 0 Å². The van der Waals surface area contributed by atoms with Crippen LogP contribution in [0.4, 0.5) is 4.79 Å². The fraction of sp³-hybridized carbons (Fsp3) is 0.438. The van der Waals surface area contributed by atoms with Crippen molar-refractivity contribution in [3.63, 3.8) is 0 Å². The Bertz CT molecular complexity index is 1690. The third-order valence-corrected chi connectivity index (χ3v) is 9.11. The molecule has 12 heteroatoms. The maximum Gasteiger partial charge on any atom is 0.407 e. The Morgan fingerprint density at radius 1 is 1.09 bits per heavy atom. The summed E-state index contributed by atoms with van der Waals surface area (Å²) < 4.78 is 9.11. The van der Waals surface area contributed by atoms with Crippen molar-refractivity contribution < 1.29 is 24.5 Å². The van der Waals surface area contributed by atoms with E-state index in [1.807, 2.05) is 47.0 Å². The van der Waals surface area contributed by atoms with Gasteiger partial charge in [-0.1, -0.05) is 55.3 Å². The number of benzene rings is 2. The summed E-state index contributed by atoms with van der Waals surface area (Å²) in [6, 6.07) is 16.1. The zero-order valence-electron chi connectivity index (χ0n) is 24.8. The van der Waals surface area contributed by atoms with Gasteiger partial charge in [0.2, 0.25) is 0 Å². The van der Waals surface area contributed by atoms with Crippen LogP contribution in [0, 0.1) is 0 Å². The summed E-state index contributed by atoms with van der Waals surface area (Å²) in [5.41, 5.74) is 1.13. The molecule has 2 aromatic carbocycles. The molecule has 2 aromatic heterocycles. The predicted octanol–water partition coefficient (Wildman–Crippen LogP) is 3.58. The molecule has 0 bridgehead atoms. The van der Waals surface area contributed by atoms with Gasteiger partial charge in [-0.25, -0.2) is 9.78 Å². The lowest BCUT2D eigenvalue weighted by molar-refractivity contribution is -0.0893. The minimum Gasteiger partial charge on any atom is -0.465 e. The summed E-state index contributed by atoms with van der Waals surface area (Å²) in [5.74, 6) is -0.297. The Labute approximate surface area is 254 Å². The number of rotatable bonds is 8. The van der Waals surface area contributed by atoms with Gasteiger partial charge in [0.1, 0.15) is 5.60 Å². The standard InChI is InChI=1S/C32H38N6O6/c1-44-20-32(43)15-8-7-13-26(32)37-21-33-27(28(37)22-9-3-2-4-10-22)30(40)36-18-17-35(31(41)42)19-23(36)14-16-38-25-12-6-5-11-24(25)29(39)34-38/h2-6,9-12,21,23,26,43H,7-8,13-20H2,1H3,(H,34,39)(H,41,42)/t23-,26-,32-/m1/s1. The minimum absolute atomic E-state index is 0.141. The van der Waals surface area contributed by atoms with Gasteiger partial charge in [0.25, 0.3) is 11.5 Å². The molecule has 1 saturated carbocycles. The fourth-order valence-electron chi connectivity index (χ4n) is 6.93. The summed E-state index contributed by atoms with van der Waals surface area (Å²) in [4.78, 5) is 46.6. The number of aromatic nitrogens is 4. The summed E-state index contributed by atoms with van der Waals surface area (Å²) >= 11 is 0. The number of hydrogen-bond donors (Lipinski definition) is 3. The molecule has 3 heterocycles. The zero-order valence-corrected chi connectivity index (χ0v) is 24.8. The molecule has 6 rings (SSSR count). The van der Waals surface area contributed by atoms with Gasteiger partial charge < -0.3 is 29.3 Å². The topological polar surface area (TPSA) is 146 Å². The summed E-state index contributed by atoms with van der Waals surface area (Å²) in [5, 5.41) is 24.9. The van der Waals surface area contributed by atoms with E-state index in [9.17, 15) is 24.6 Å². The van der Waals surface area contributed by atoms with Crippen molar-refractivity contribution in [2.75, 3.05) is 33.4 Å². The lowest BCUT2D eigenvalue weighted by Gasteiger charge is -2.41. The van der Waals surface area contributed by atoms with Gasteiger partial charge >= 0.3 is 6.09 Å². The van der Waals surface area contributed by atoms with Crippen LogP contribution < -0.4 is 5.56 Å². The molecule has 0 radical (unpaired) electrons. The van der Waals surface area contributed by atoms with Crippen molar-refractivity contribution >= 4 is 22.9 Å². The van der Waals surface area contributed by atoms with Crippen molar-refractivity contribution in [1.82, 2.24) is 29.1 Å². The van der Waals surface area contributed by atoms with Crippen LogP contribution in [0.5, 0.6) is 0 Å². The molecule has 4 aromatic rings. The monoisotopic (exact) mass is 602 g/mol. The second-order valence-electron chi connectivity index (χ2n) is 11.8. The van der Waals surface area contributed by atoms with Crippen LogP contribution in [0.3, 0.4) is 0 Å². The molecule has 0 unspecified atom stereocenters. The summed E-state index contributed by atoms with van der Waals surface area (Å²) in [6.07, 6.45) is 4.14. The van der Waals surface area contributed by atoms with E-state index in [0.717, 1.165) is 23.9 Å². The molecule has 1 aliphatic carbocycles. The third-order valence-electron chi connectivity index (χ3n) is 9.11. The number of aryl methyl sites for hydroxylation is 1. The molecule has 1 aliphatic heterocycles. The second kappa shape index (κ2) is 12.3. The molecule has 44 heavy (non-hydrogen) atoms. The highest BCUT2D eigenvalue weighted by atomic mass is 16.5. The van der Waals surface area contributed by atoms with Crippen LogP contribution in [0.1, 0.15) is 48.6 Å². The highest BCUT2D eigenvalue weighted by molar-refractivity contribution is 5.98. The van der Waals surface area contributed by atoms with Crippen LogP contribution in [0.2, 0.25) is 0 Å². The highest BCUT2D eigenvalue weighted by Crippen LogP contribution is 2.41. The van der Waals surface area contributed by atoms with E-state index in [1.165, 1.54) is 4.90 Å². The zero-order chi connectivity index (χ0) is 30.8. The molecule has 1 saturated heterocycles. The minimum atomic E-state index is -1.11. The van der Waals surface area contributed by atoms with Crippen molar-refractivity contribution in [3.05, 3.63) is 77.0 Å². The molecule has 2 amide bonds. The van der Waals surface area contributed by atoms with Crippen LogP contribution in [-0.4, -0.2) is 96.3 Å². The van der Waals surface area contributed by atoms with E-state index in [1.54, 1.807) is 35.2 Å². The lowest BCUT2D eigenvalue weighted by Crippen LogP contribution is -2.56. The average Bonchev–Trinajstić information content (AvgIpc) is 3.61. The van der Waals surface area contributed by atoms with E-state index in [4.69, 9.17) is 4.74 Å². The molecule has 2 fully saturated rings. The normalized spacial score (nSPS) is 22.4. The largest absolute Gasteiger partial charge is 0.465 e.